The van der Waals surface area contributed by atoms with Crippen molar-refractivity contribution < 1.29 is 9.59 Å². The molecule has 35 heavy (non-hydrogen) atoms. The van der Waals surface area contributed by atoms with E-state index in [2.05, 4.69) is 10.4 Å². The van der Waals surface area contributed by atoms with Crippen molar-refractivity contribution in [2.75, 3.05) is 18.4 Å². The number of anilines is 1. The third-order valence-electron chi connectivity index (χ3n) is 6.42. The topological polar surface area (TPSA) is 80.1 Å². The molecule has 0 unspecified atom stereocenters. The number of piperidine rings is 1. The average Bonchev–Trinajstić information content (AvgIpc) is 3.33. The highest BCUT2D eigenvalue weighted by molar-refractivity contribution is 6.14. The summed E-state index contributed by atoms with van der Waals surface area (Å²) in [6, 6.07) is 18.9. The first-order valence-corrected chi connectivity index (χ1v) is 12.2. The number of benzene rings is 2. The highest BCUT2D eigenvalue weighted by atomic mass is 16.2. The summed E-state index contributed by atoms with van der Waals surface area (Å²) in [5.41, 5.74) is 3.76. The summed E-state index contributed by atoms with van der Waals surface area (Å²) < 4.78 is 1.83. The van der Waals surface area contributed by atoms with Gasteiger partial charge in [-0.25, -0.2) is 9.67 Å². The Kier molecular flexibility index (Phi) is 6.31. The second-order valence-corrected chi connectivity index (χ2v) is 9.19. The molecule has 1 aliphatic rings. The number of nitrogens with zero attached hydrogens (tertiary/aromatic N) is 4. The smallest absolute Gasteiger partial charge is 0.256 e. The van der Waals surface area contributed by atoms with Gasteiger partial charge in [0.05, 0.1) is 34.1 Å². The van der Waals surface area contributed by atoms with Gasteiger partial charge in [-0.15, -0.1) is 0 Å². The van der Waals surface area contributed by atoms with Gasteiger partial charge in [0.25, 0.3) is 11.8 Å². The number of carbonyl (C=O) groups excluding carboxylic acids is 2. The molecule has 1 saturated heterocycles. The molecule has 2 aromatic carbocycles. The van der Waals surface area contributed by atoms with Gasteiger partial charge in [0.1, 0.15) is 0 Å². The van der Waals surface area contributed by atoms with Gasteiger partial charge in [-0.05, 0) is 51.3 Å². The van der Waals surface area contributed by atoms with E-state index in [9.17, 15) is 9.59 Å². The van der Waals surface area contributed by atoms with Crippen LogP contribution in [0.3, 0.4) is 0 Å². The molecule has 0 aliphatic carbocycles. The van der Waals surface area contributed by atoms with Crippen molar-refractivity contribution in [3.63, 3.8) is 0 Å². The van der Waals surface area contributed by atoms with E-state index < -0.39 is 0 Å². The standard InChI is InChI=1S/C28H29N5O2/c1-19(2)33-26-23(18-29-33)22(17-25(30-26)20-11-5-3-6-12-20)27(34)31-24-14-8-7-13-21(24)28(35)32-15-9-4-10-16-32/h3,5-8,11-14,17-19H,4,9-10,15-16H2,1-2H3,(H,31,34). The highest BCUT2D eigenvalue weighted by Crippen LogP contribution is 2.28. The van der Waals surface area contributed by atoms with E-state index in [1.807, 2.05) is 65.9 Å². The Morgan fingerprint density at radius 1 is 0.914 bits per heavy atom. The molecule has 0 radical (unpaired) electrons. The molecule has 5 rings (SSSR count). The van der Waals surface area contributed by atoms with Crippen molar-refractivity contribution in [3.8, 4) is 11.3 Å². The summed E-state index contributed by atoms with van der Waals surface area (Å²) in [4.78, 5) is 33.6. The third kappa shape index (κ3) is 4.54. The maximum Gasteiger partial charge on any atom is 0.256 e. The Labute approximate surface area is 204 Å². The number of aromatic nitrogens is 3. The van der Waals surface area contributed by atoms with Crippen LogP contribution < -0.4 is 5.32 Å². The zero-order valence-corrected chi connectivity index (χ0v) is 20.1. The molecular weight excluding hydrogens is 438 g/mol. The van der Waals surface area contributed by atoms with Gasteiger partial charge in [-0.3, -0.25) is 9.59 Å². The molecule has 7 nitrogen and oxygen atoms in total. The van der Waals surface area contributed by atoms with Gasteiger partial charge in [-0.2, -0.15) is 5.10 Å². The van der Waals surface area contributed by atoms with Crippen LogP contribution >= 0.6 is 0 Å². The Morgan fingerprint density at radius 3 is 2.37 bits per heavy atom. The molecule has 1 aliphatic heterocycles. The highest BCUT2D eigenvalue weighted by Gasteiger charge is 2.23. The molecule has 0 saturated carbocycles. The lowest BCUT2D eigenvalue weighted by atomic mass is 10.1. The number of pyridine rings is 1. The van der Waals surface area contributed by atoms with E-state index in [0.717, 1.165) is 37.9 Å². The number of para-hydroxylation sites is 1. The largest absolute Gasteiger partial charge is 0.339 e. The molecule has 1 N–H and O–H groups in total. The van der Waals surface area contributed by atoms with Crippen LogP contribution in [0.1, 0.15) is 59.9 Å². The van der Waals surface area contributed by atoms with Gasteiger partial charge >= 0.3 is 0 Å². The maximum atomic E-state index is 13.6. The minimum absolute atomic E-state index is 0.0434. The summed E-state index contributed by atoms with van der Waals surface area (Å²) in [6.07, 6.45) is 4.86. The van der Waals surface area contributed by atoms with Crippen molar-refractivity contribution in [1.82, 2.24) is 19.7 Å². The van der Waals surface area contributed by atoms with Gasteiger partial charge in [0.2, 0.25) is 0 Å². The number of rotatable bonds is 5. The summed E-state index contributed by atoms with van der Waals surface area (Å²) in [5, 5.41) is 8.18. The lowest BCUT2D eigenvalue weighted by molar-refractivity contribution is 0.0725. The number of hydrogen-bond acceptors (Lipinski definition) is 4. The van der Waals surface area contributed by atoms with Crippen LogP contribution in [-0.2, 0) is 0 Å². The van der Waals surface area contributed by atoms with Crippen LogP contribution in [0.15, 0.2) is 66.9 Å². The molecule has 0 bridgehead atoms. The van der Waals surface area contributed by atoms with E-state index in [4.69, 9.17) is 4.98 Å². The SMILES string of the molecule is CC(C)n1ncc2c(C(=O)Nc3ccccc3C(=O)N3CCCCC3)cc(-c3ccccc3)nc21. The number of nitrogens with one attached hydrogen (secondary N) is 1. The number of amides is 2. The van der Waals surface area contributed by atoms with Crippen LogP contribution in [-0.4, -0.2) is 44.6 Å². The second kappa shape index (κ2) is 9.70. The van der Waals surface area contributed by atoms with Crippen LogP contribution in [0, 0.1) is 0 Å². The first-order chi connectivity index (χ1) is 17.0. The van der Waals surface area contributed by atoms with Crippen molar-refractivity contribution in [3.05, 3.63) is 78.0 Å². The van der Waals surface area contributed by atoms with Gasteiger partial charge < -0.3 is 10.2 Å². The van der Waals surface area contributed by atoms with Crippen molar-refractivity contribution >= 4 is 28.5 Å². The van der Waals surface area contributed by atoms with Crippen molar-refractivity contribution in [1.29, 1.82) is 0 Å². The molecule has 7 heteroatoms. The van der Waals surface area contributed by atoms with Crippen molar-refractivity contribution in [2.45, 2.75) is 39.2 Å². The van der Waals surface area contributed by atoms with E-state index in [0.29, 0.717) is 33.5 Å². The fourth-order valence-electron chi connectivity index (χ4n) is 4.58. The molecule has 0 atom stereocenters. The molecule has 2 amide bonds. The summed E-state index contributed by atoms with van der Waals surface area (Å²) in [5.74, 6) is -0.338. The zero-order chi connectivity index (χ0) is 24.4. The van der Waals surface area contributed by atoms with Gasteiger partial charge in [0.15, 0.2) is 5.65 Å². The fraction of sp³-hybridized carbons (Fsp3) is 0.286. The number of fused-ring (bicyclic) bond motifs is 1. The lowest BCUT2D eigenvalue weighted by Crippen LogP contribution is -2.36. The van der Waals surface area contributed by atoms with Crippen LogP contribution in [0.2, 0.25) is 0 Å². The predicted molar refractivity (Wildman–Crippen MR) is 137 cm³/mol. The molecule has 178 valence electrons. The van der Waals surface area contributed by atoms with Crippen LogP contribution in [0.25, 0.3) is 22.3 Å². The molecular formula is C28H29N5O2. The normalized spacial score (nSPS) is 13.9. The molecule has 1 fully saturated rings. The quantitative estimate of drug-likeness (QED) is 0.417. The van der Waals surface area contributed by atoms with Crippen LogP contribution in [0.5, 0.6) is 0 Å². The summed E-state index contributed by atoms with van der Waals surface area (Å²) in [7, 11) is 0. The number of likely N-dealkylation sites (tertiary alicyclic amines) is 1. The second-order valence-electron chi connectivity index (χ2n) is 9.19. The predicted octanol–water partition coefficient (Wildman–Crippen LogP) is 5.56. The Morgan fingerprint density at radius 2 is 1.63 bits per heavy atom. The molecule has 0 spiro atoms. The Hall–Kier alpha value is -4.00. The monoisotopic (exact) mass is 467 g/mol. The van der Waals surface area contributed by atoms with Crippen molar-refractivity contribution in [2.24, 2.45) is 0 Å². The average molecular weight is 468 g/mol. The lowest BCUT2D eigenvalue weighted by Gasteiger charge is -2.27. The minimum Gasteiger partial charge on any atom is -0.339 e. The minimum atomic E-state index is -0.295. The zero-order valence-electron chi connectivity index (χ0n) is 20.1. The number of hydrogen-bond donors (Lipinski definition) is 1. The van der Waals surface area contributed by atoms with Gasteiger partial charge in [-0.1, -0.05) is 42.5 Å². The summed E-state index contributed by atoms with van der Waals surface area (Å²) >= 11 is 0. The Balaban J connectivity index is 1.54. The maximum absolute atomic E-state index is 13.6. The summed E-state index contributed by atoms with van der Waals surface area (Å²) in [6.45, 7) is 5.57. The molecule has 3 heterocycles. The van der Waals surface area contributed by atoms with E-state index >= 15 is 0 Å². The number of carbonyl (C=O) groups is 2. The first kappa shape index (κ1) is 22.8. The Bertz CT molecular complexity index is 1370. The molecule has 4 aromatic rings. The van der Waals surface area contributed by atoms with Crippen LogP contribution in [0.4, 0.5) is 5.69 Å². The van der Waals surface area contributed by atoms with E-state index in [1.54, 1.807) is 24.4 Å². The fourth-order valence-corrected chi connectivity index (χ4v) is 4.58. The first-order valence-electron chi connectivity index (χ1n) is 12.2. The van der Waals surface area contributed by atoms with Gasteiger partial charge in [0, 0.05) is 24.7 Å². The third-order valence-corrected chi connectivity index (χ3v) is 6.42. The molecule has 2 aromatic heterocycles. The van der Waals surface area contributed by atoms with E-state index in [-0.39, 0.29) is 17.9 Å². The van der Waals surface area contributed by atoms with E-state index in [1.165, 1.54) is 0 Å².